The highest BCUT2D eigenvalue weighted by Gasteiger charge is 2.30. The number of aliphatic imine (C=N–C) groups is 1. The summed E-state index contributed by atoms with van der Waals surface area (Å²) in [7, 11) is 1.57. The van der Waals surface area contributed by atoms with E-state index in [4.69, 9.17) is 27.9 Å². The predicted molar refractivity (Wildman–Crippen MR) is 148 cm³/mol. The van der Waals surface area contributed by atoms with Crippen molar-refractivity contribution in [2.45, 2.75) is 38.1 Å². The molecule has 2 N–H and O–H groups in total. The van der Waals surface area contributed by atoms with Crippen molar-refractivity contribution < 1.29 is 19.1 Å². The number of benzene rings is 2. The molecule has 9 nitrogen and oxygen atoms in total. The van der Waals surface area contributed by atoms with E-state index in [1.807, 2.05) is 4.90 Å². The zero-order valence-electron chi connectivity index (χ0n) is 21.2. The molecule has 2 saturated heterocycles. The molecule has 202 valence electrons. The number of hydrogen-bond donors (Lipinski definition) is 2. The molecule has 0 saturated carbocycles. The molecule has 0 bridgehead atoms. The van der Waals surface area contributed by atoms with Crippen LogP contribution >= 0.6 is 23.2 Å². The standard InChI is InChI=1S/C27H31Cl2N5O4/c1-38-20-10-8-19(9-11-20)30-27(32-25(36)18-7-12-21(28)22(29)16-18)31-23-6-2-3-15-34(26(23)37)17-24(35)33-13-4-5-14-33/h7-12,16,23H,2-6,13-15,17H2,1H3,(H2,30,31,32,36)/t23-/m0/s1. The molecule has 1 atom stereocenters. The Morgan fingerprint density at radius 2 is 1.71 bits per heavy atom. The number of halogens is 2. The van der Waals surface area contributed by atoms with Crippen molar-refractivity contribution in [1.29, 1.82) is 0 Å². The minimum absolute atomic E-state index is 0.0371. The van der Waals surface area contributed by atoms with Gasteiger partial charge < -0.3 is 19.9 Å². The highest BCUT2D eigenvalue weighted by Crippen LogP contribution is 2.23. The summed E-state index contributed by atoms with van der Waals surface area (Å²) < 4.78 is 5.21. The largest absolute Gasteiger partial charge is 0.497 e. The smallest absolute Gasteiger partial charge is 0.258 e. The highest BCUT2D eigenvalue weighted by atomic mass is 35.5. The van der Waals surface area contributed by atoms with Crippen LogP contribution in [0.2, 0.25) is 10.0 Å². The van der Waals surface area contributed by atoms with E-state index in [1.165, 1.54) is 12.1 Å². The van der Waals surface area contributed by atoms with Gasteiger partial charge in [-0.1, -0.05) is 23.2 Å². The summed E-state index contributed by atoms with van der Waals surface area (Å²) in [5.41, 5.74) is 0.926. The Morgan fingerprint density at radius 1 is 1.00 bits per heavy atom. The van der Waals surface area contributed by atoms with Gasteiger partial charge in [-0.15, -0.1) is 0 Å². The highest BCUT2D eigenvalue weighted by molar-refractivity contribution is 6.42. The fourth-order valence-corrected chi connectivity index (χ4v) is 4.77. The van der Waals surface area contributed by atoms with Crippen molar-refractivity contribution in [3.63, 3.8) is 0 Å². The van der Waals surface area contributed by atoms with Crippen LogP contribution in [0.5, 0.6) is 5.75 Å². The van der Waals surface area contributed by atoms with Crippen LogP contribution in [0, 0.1) is 0 Å². The maximum Gasteiger partial charge on any atom is 0.258 e. The van der Waals surface area contributed by atoms with Crippen LogP contribution in [-0.4, -0.2) is 72.8 Å². The van der Waals surface area contributed by atoms with Crippen LogP contribution in [-0.2, 0) is 9.59 Å². The number of nitrogens with one attached hydrogen (secondary N) is 2. The Hall–Kier alpha value is -3.30. The van der Waals surface area contributed by atoms with Crippen LogP contribution in [0.15, 0.2) is 47.5 Å². The number of hydrogen-bond acceptors (Lipinski definition) is 5. The van der Waals surface area contributed by atoms with Crippen molar-refractivity contribution in [2.75, 3.05) is 38.6 Å². The molecule has 4 rings (SSSR count). The number of methoxy groups -OCH3 is 1. The molecule has 0 radical (unpaired) electrons. The second-order valence-corrected chi connectivity index (χ2v) is 10.1. The van der Waals surface area contributed by atoms with E-state index in [-0.39, 0.29) is 34.9 Å². The van der Waals surface area contributed by atoms with Gasteiger partial charge in [0.05, 0.1) is 23.7 Å². The zero-order valence-corrected chi connectivity index (χ0v) is 22.7. The van der Waals surface area contributed by atoms with Gasteiger partial charge in [-0.3, -0.25) is 19.7 Å². The van der Waals surface area contributed by atoms with Crippen molar-refractivity contribution >= 4 is 52.6 Å². The maximum atomic E-state index is 13.5. The van der Waals surface area contributed by atoms with Gasteiger partial charge in [-0.25, -0.2) is 4.99 Å². The lowest BCUT2D eigenvalue weighted by Crippen LogP contribution is -2.45. The third-order valence-corrected chi connectivity index (χ3v) is 7.33. The number of guanidine groups is 1. The molecule has 0 aliphatic carbocycles. The first-order chi connectivity index (χ1) is 18.3. The maximum absolute atomic E-state index is 13.5. The Bertz CT molecular complexity index is 1200. The first kappa shape index (κ1) is 27.7. The van der Waals surface area contributed by atoms with Gasteiger partial charge >= 0.3 is 0 Å². The quantitative estimate of drug-likeness (QED) is 0.407. The number of likely N-dealkylation sites (tertiary alicyclic amines) is 2. The second kappa shape index (κ2) is 13.0. The average Bonchev–Trinajstić information content (AvgIpc) is 3.41. The van der Waals surface area contributed by atoms with Crippen molar-refractivity contribution in [2.24, 2.45) is 4.99 Å². The van der Waals surface area contributed by atoms with E-state index in [9.17, 15) is 14.4 Å². The zero-order chi connectivity index (χ0) is 27.1. The summed E-state index contributed by atoms with van der Waals surface area (Å²) in [6, 6.07) is 10.9. The number of nitrogens with zero attached hydrogens (tertiary/aromatic N) is 3. The second-order valence-electron chi connectivity index (χ2n) is 9.27. The molecule has 2 heterocycles. The van der Waals surface area contributed by atoms with Gasteiger partial charge in [0.2, 0.25) is 17.8 Å². The molecule has 2 aromatic carbocycles. The molecule has 38 heavy (non-hydrogen) atoms. The van der Waals surface area contributed by atoms with E-state index in [2.05, 4.69) is 15.6 Å². The molecule has 0 unspecified atom stereocenters. The fraction of sp³-hybridized carbons (Fsp3) is 0.407. The lowest BCUT2D eigenvalue weighted by molar-refractivity contribution is -0.140. The van der Waals surface area contributed by atoms with Crippen LogP contribution in [0.4, 0.5) is 5.69 Å². The molecule has 3 amide bonds. The predicted octanol–water partition coefficient (Wildman–Crippen LogP) is 4.20. The molecule has 0 aromatic heterocycles. The van der Waals surface area contributed by atoms with Gasteiger partial charge in [0.25, 0.3) is 5.91 Å². The SMILES string of the molecule is COc1ccc(NC(=N[C@H]2CCCCN(CC(=O)N3CCCC3)C2=O)NC(=O)c2ccc(Cl)c(Cl)c2)cc1. The van der Waals surface area contributed by atoms with Crippen LogP contribution in [0.1, 0.15) is 42.5 Å². The number of anilines is 1. The minimum Gasteiger partial charge on any atom is -0.497 e. The Balaban J connectivity index is 1.56. The Labute approximate surface area is 232 Å². The number of carbonyl (C=O) groups excluding carboxylic acids is 3. The van der Waals surface area contributed by atoms with E-state index < -0.39 is 11.9 Å². The molecule has 2 aromatic rings. The van der Waals surface area contributed by atoms with E-state index in [0.29, 0.717) is 29.4 Å². The normalized spacial score (nSPS) is 18.2. The summed E-state index contributed by atoms with van der Waals surface area (Å²) in [4.78, 5) is 47.3. The molecule has 2 aliphatic heterocycles. The van der Waals surface area contributed by atoms with Gasteiger partial charge in [-0.05, 0) is 74.6 Å². The lowest BCUT2D eigenvalue weighted by atomic mass is 10.1. The average molecular weight is 560 g/mol. The summed E-state index contributed by atoms with van der Waals surface area (Å²) in [6.45, 7) is 2.02. The van der Waals surface area contributed by atoms with E-state index in [0.717, 1.165) is 38.8 Å². The topological polar surface area (TPSA) is 103 Å². The third-order valence-electron chi connectivity index (χ3n) is 6.59. The lowest BCUT2D eigenvalue weighted by Gasteiger charge is -2.25. The summed E-state index contributed by atoms with van der Waals surface area (Å²) in [5.74, 6) is 0.0479. The Morgan fingerprint density at radius 3 is 2.39 bits per heavy atom. The van der Waals surface area contributed by atoms with Gasteiger partial charge in [-0.2, -0.15) is 0 Å². The van der Waals surface area contributed by atoms with Crippen molar-refractivity contribution in [1.82, 2.24) is 15.1 Å². The number of amides is 3. The molecular weight excluding hydrogens is 529 g/mol. The summed E-state index contributed by atoms with van der Waals surface area (Å²) >= 11 is 12.1. The van der Waals surface area contributed by atoms with Crippen LogP contribution in [0.3, 0.4) is 0 Å². The summed E-state index contributed by atoms with van der Waals surface area (Å²) in [5, 5.41) is 6.45. The number of ether oxygens (including phenoxy) is 1. The van der Waals surface area contributed by atoms with Gasteiger partial charge in [0.1, 0.15) is 11.8 Å². The van der Waals surface area contributed by atoms with Gasteiger partial charge in [0.15, 0.2) is 0 Å². The van der Waals surface area contributed by atoms with E-state index in [1.54, 1.807) is 42.3 Å². The van der Waals surface area contributed by atoms with Crippen LogP contribution in [0.25, 0.3) is 0 Å². The molecule has 11 heteroatoms. The first-order valence-electron chi connectivity index (χ1n) is 12.7. The molecule has 2 fully saturated rings. The number of rotatable bonds is 6. The molecule has 0 spiro atoms. The van der Waals surface area contributed by atoms with Gasteiger partial charge in [0, 0.05) is 30.9 Å². The Kier molecular flexibility index (Phi) is 9.47. The third kappa shape index (κ3) is 7.17. The molecular formula is C27H31Cl2N5O4. The van der Waals surface area contributed by atoms with Crippen molar-refractivity contribution in [3.05, 3.63) is 58.1 Å². The fourth-order valence-electron chi connectivity index (χ4n) is 4.47. The molecule has 2 aliphatic rings. The minimum atomic E-state index is -0.751. The van der Waals surface area contributed by atoms with E-state index >= 15 is 0 Å². The summed E-state index contributed by atoms with van der Waals surface area (Å²) in [6.07, 6.45) is 4.04. The monoisotopic (exact) mass is 559 g/mol. The number of carbonyl (C=O) groups is 3. The first-order valence-corrected chi connectivity index (χ1v) is 13.4. The van der Waals surface area contributed by atoms with Crippen LogP contribution < -0.4 is 15.4 Å². The van der Waals surface area contributed by atoms with Crippen molar-refractivity contribution in [3.8, 4) is 5.75 Å².